The van der Waals surface area contributed by atoms with E-state index < -0.39 is 10.1 Å². The molecule has 4 rings (SSSR count). The van der Waals surface area contributed by atoms with Crippen LogP contribution in [0.15, 0.2) is 24.4 Å². The number of H-pyrrole nitrogens is 1. The van der Waals surface area contributed by atoms with E-state index in [1.54, 1.807) is 0 Å². The molecule has 0 amide bonds. The average molecular weight is 504 g/mol. The van der Waals surface area contributed by atoms with Crippen molar-refractivity contribution in [2.45, 2.75) is 38.1 Å². The highest BCUT2D eigenvalue weighted by Gasteiger charge is 2.48. The van der Waals surface area contributed by atoms with E-state index >= 15 is 0 Å². The van der Waals surface area contributed by atoms with Crippen LogP contribution in [0.4, 0.5) is 0 Å². The van der Waals surface area contributed by atoms with Gasteiger partial charge in [-0.25, -0.2) is 0 Å². The second-order valence-electron chi connectivity index (χ2n) is 8.44. The Balaban J connectivity index is 0.00000210. The van der Waals surface area contributed by atoms with Crippen molar-refractivity contribution < 1.29 is 41.1 Å². The Morgan fingerprint density at radius 3 is 2.81 bits per heavy atom. The van der Waals surface area contributed by atoms with Crippen molar-refractivity contribution in [3.8, 4) is 0 Å². The van der Waals surface area contributed by atoms with E-state index in [1.165, 1.54) is 22.0 Å². The molecule has 2 heterocycles. The molecule has 1 saturated heterocycles. The second-order valence-corrected chi connectivity index (χ2v) is 10.1. The van der Waals surface area contributed by atoms with Gasteiger partial charge in [0.15, 0.2) is 0 Å². The van der Waals surface area contributed by atoms with Gasteiger partial charge in [0.2, 0.25) is 0 Å². The molecular weight excluding hydrogens is 475 g/mol. The van der Waals surface area contributed by atoms with Crippen molar-refractivity contribution in [1.82, 2.24) is 4.98 Å². The minimum Gasteiger partial charge on any atom is -1.00 e. The first kappa shape index (κ1) is 21.1. The lowest BCUT2D eigenvalue weighted by atomic mass is 9.71. The first-order valence-electron chi connectivity index (χ1n) is 9.58. The molecule has 0 spiro atoms. The summed E-state index contributed by atoms with van der Waals surface area (Å²) in [5.41, 5.74) is 4.08. The van der Waals surface area contributed by atoms with Crippen LogP contribution in [0.1, 0.15) is 36.8 Å². The fraction of sp³-hybridized carbons (Fsp3) is 0.600. The summed E-state index contributed by atoms with van der Waals surface area (Å²) in [5, 5.41) is 1.39. The number of piperidine rings is 1. The van der Waals surface area contributed by atoms with E-state index in [4.69, 9.17) is 4.18 Å². The van der Waals surface area contributed by atoms with Crippen LogP contribution in [0.25, 0.3) is 10.9 Å². The summed E-state index contributed by atoms with van der Waals surface area (Å²) in [6.45, 7) is 4.64. The Hall–Kier alpha value is -0.640. The summed E-state index contributed by atoms with van der Waals surface area (Å²) in [4.78, 5) is 3.43. The van der Waals surface area contributed by atoms with Gasteiger partial charge in [-0.15, -0.1) is 0 Å². The Morgan fingerprint density at radius 1 is 1.33 bits per heavy atom. The topological polar surface area (TPSA) is 59.2 Å². The zero-order valence-electron chi connectivity index (χ0n) is 16.2. The predicted octanol–water partition coefficient (Wildman–Crippen LogP) is 0.0329. The lowest BCUT2D eigenvalue weighted by Crippen LogP contribution is -3.00. The molecule has 5 nitrogen and oxygen atoms in total. The third kappa shape index (κ3) is 3.93. The molecular formula is C20H29IN2O3S. The molecule has 27 heavy (non-hydrogen) atoms. The zero-order chi connectivity index (χ0) is 18.5. The van der Waals surface area contributed by atoms with Crippen LogP contribution in [0.3, 0.4) is 0 Å². The SMILES string of the molecule is CCC[N+]1(C)C[C@H](COS(C)(=O)=O)C[C@@H]2c3cccc4[nH]cc(c34)C[C@H]21.[I-]. The Bertz CT molecular complexity index is 926. The Kier molecular flexibility index (Phi) is 5.97. The van der Waals surface area contributed by atoms with Crippen LogP contribution in [0, 0.1) is 5.92 Å². The van der Waals surface area contributed by atoms with Crippen molar-refractivity contribution in [1.29, 1.82) is 0 Å². The van der Waals surface area contributed by atoms with Gasteiger partial charge in [-0.3, -0.25) is 4.18 Å². The highest BCUT2D eigenvalue weighted by atomic mass is 127. The van der Waals surface area contributed by atoms with Crippen molar-refractivity contribution >= 4 is 21.0 Å². The number of quaternary nitrogens is 1. The number of fused-ring (bicyclic) bond motifs is 2. The lowest BCUT2D eigenvalue weighted by molar-refractivity contribution is -0.943. The third-order valence-corrected chi connectivity index (χ3v) is 6.99. The molecule has 1 aliphatic carbocycles. The van der Waals surface area contributed by atoms with E-state index in [1.807, 2.05) is 0 Å². The minimum absolute atomic E-state index is 0. The van der Waals surface area contributed by atoms with Crippen LogP contribution in [-0.2, 0) is 20.7 Å². The molecule has 7 heteroatoms. The molecule has 1 unspecified atom stereocenters. The summed E-state index contributed by atoms with van der Waals surface area (Å²) in [7, 11) is -1.04. The lowest BCUT2D eigenvalue weighted by Gasteiger charge is -2.52. The van der Waals surface area contributed by atoms with Gasteiger partial charge in [0.05, 0.1) is 39.0 Å². The quantitative estimate of drug-likeness (QED) is 0.356. The van der Waals surface area contributed by atoms with Crippen LogP contribution in [0.2, 0.25) is 0 Å². The van der Waals surface area contributed by atoms with Gasteiger partial charge < -0.3 is 33.4 Å². The van der Waals surface area contributed by atoms with Gasteiger partial charge in [0.25, 0.3) is 10.1 Å². The highest BCUT2D eigenvalue weighted by molar-refractivity contribution is 7.85. The van der Waals surface area contributed by atoms with Crippen molar-refractivity contribution in [3.05, 3.63) is 35.5 Å². The Morgan fingerprint density at radius 2 is 2.11 bits per heavy atom. The highest BCUT2D eigenvalue weighted by Crippen LogP contribution is 2.47. The predicted molar refractivity (Wildman–Crippen MR) is 104 cm³/mol. The molecule has 2 aliphatic rings. The van der Waals surface area contributed by atoms with Crippen LogP contribution in [-0.4, -0.2) is 56.9 Å². The van der Waals surface area contributed by atoms with Gasteiger partial charge >= 0.3 is 0 Å². The maximum Gasteiger partial charge on any atom is 0.264 e. The maximum atomic E-state index is 11.5. The first-order chi connectivity index (χ1) is 12.3. The Labute approximate surface area is 179 Å². The molecule has 0 radical (unpaired) electrons. The number of nitrogens with zero attached hydrogens (tertiary/aromatic N) is 1. The average Bonchev–Trinajstić information content (AvgIpc) is 2.98. The molecule has 150 valence electrons. The fourth-order valence-electron chi connectivity index (χ4n) is 5.54. The molecule has 1 N–H and O–H groups in total. The van der Waals surface area contributed by atoms with Crippen molar-refractivity contribution in [3.63, 3.8) is 0 Å². The molecule has 1 aliphatic heterocycles. The largest absolute Gasteiger partial charge is 1.00 e. The number of nitrogens with one attached hydrogen (secondary N) is 1. The number of rotatable bonds is 5. The molecule has 1 aromatic heterocycles. The molecule has 1 fully saturated rings. The van der Waals surface area contributed by atoms with Gasteiger partial charge in [-0.2, -0.15) is 8.42 Å². The zero-order valence-corrected chi connectivity index (χ0v) is 19.2. The minimum atomic E-state index is -3.39. The summed E-state index contributed by atoms with van der Waals surface area (Å²) in [6.07, 6.45) is 6.55. The van der Waals surface area contributed by atoms with E-state index in [0.717, 1.165) is 43.1 Å². The van der Waals surface area contributed by atoms with Crippen LogP contribution >= 0.6 is 0 Å². The summed E-state index contributed by atoms with van der Waals surface area (Å²) in [5.74, 6) is 0.721. The van der Waals surface area contributed by atoms with Gasteiger partial charge in [-0.05, 0) is 30.0 Å². The van der Waals surface area contributed by atoms with Gasteiger partial charge in [-0.1, -0.05) is 19.1 Å². The summed E-state index contributed by atoms with van der Waals surface area (Å²) < 4.78 is 29.2. The standard InChI is InChI=1S/C20H29N2O3S.HI/c1-4-8-22(2)12-14(13-25-26(3,23)24)9-17-16-6-5-7-18-20(16)15(11-21-18)10-19(17)22;/h5-7,11,14,17,19,21H,4,8-10,12-13H2,1-3H3;1H/q+1;/p-1/t14-,17-,19-,22?;/m1./s1. The van der Waals surface area contributed by atoms with E-state index in [-0.39, 0.29) is 29.9 Å². The van der Waals surface area contributed by atoms with E-state index in [0.29, 0.717) is 18.6 Å². The first-order valence-corrected chi connectivity index (χ1v) is 11.4. The smallest absolute Gasteiger partial charge is 0.264 e. The van der Waals surface area contributed by atoms with E-state index in [2.05, 4.69) is 43.4 Å². The number of aromatic amines is 1. The van der Waals surface area contributed by atoms with Gasteiger partial charge in [0.1, 0.15) is 0 Å². The molecule has 0 bridgehead atoms. The van der Waals surface area contributed by atoms with Crippen LogP contribution < -0.4 is 24.0 Å². The molecule has 2 aromatic rings. The normalized spacial score (nSPS) is 30.0. The monoisotopic (exact) mass is 504 g/mol. The number of halogens is 1. The molecule has 4 atom stereocenters. The van der Waals surface area contributed by atoms with Crippen molar-refractivity contribution in [2.24, 2.45) is 5.92 Å². The summed E-state index contributed by atoms with van der Waals surface area (Å²) >= 11 is 0. The van der Waals surface area contributed by atoms with Gasteiger partial charge in [0, 0.05) is 35.4 Å². The third-order valence-electron chi connectivity index (χ3n) is 6.43. The van der Waals surface area contributed by atoms with Crippen molar-refractivity contribution in [2.75, 3.05) is 33.0 Å². The number of hydrogen-bond acceptors (Lipinski definition) is 3. The number of benzene rings is 1. The fourth-order valence-corrected chi connectivity index (χ4v) is 5.98. The maximum absolute atomic E-state index is 11.5. The summed E-state index contributed by atoms with van der Waals surface area (Å²) in [6, 6.07) is 7.11. The number of likely N-dealkylation sites (N-methyl/N-ethyl adjacent to an activating group) is 1. The molecule has 0 saturated carbocycles. The van der Waals surface area contributed by atoms with E-state index in [9.17, 15) is 8.42 Å². The molecule has 1 aromatic carbocycles. The number of aromatic nitrogens is 1. The number of likely N-dealkylation sites (tertiary alicyclic amines) is 1. The second kappa shape index (κ2) is 7.65. The van der Waals surface area contributed by atoms with Crippen LogP contribution in [0.5, 0.6) is 0 Å². The number of hydrogen-bond donors (Lipinski definition) is 1.